The van der Waals surface area contributed by atoms with E-state index in [2.05, 4.69) is 10.1 Å². The molecular formula is C25H29N5O5S. The van der Waals surface area contributed by atoms with Gasteiger partial charge in [0.2, 0.25) is 0 Å². The zero-order valence-electron chi connectivity index (χ0n) is 20.7. The van der Waals surface area contributed by atoms with Crippen molar-refractivity contribution >= 4 is 32.5 Å². The van der Waals surface area contributed by atoms with Gasteiger partial charge in [-0.05, 0) is 31.5 Å². The molecule has 2 heterocycles. The van der Waals surface area contributed by atoms with Gasteiger partial charge in [-0.3, -0.25) is 13.8 Å². The fourth-order valence-electron chi connectivity index (χ4n) is 3.76. The van der Waals surface area contributed by atoms with Crippen molar-refractivity contribution in [2.75, 3.05) is 38.5 Å². The van der Waals surface area contributed by atoms with Gasteiger partial charge in [0.25, 0.3) is 10.1 Å². The van der Waals surface area contributed by atoms with Crippen LogP contribution in [0.2, 0.25) is 0 Å². The molecule has 0 aliphatic carbocycles. The van der Waals surface area contributed by atoms with Crippen molar-refractivity contribution < 1.29 is 22.1 Å². The number of aromatic nitrogens is 4. The van der Waals surface area contributed by atoms with Crippen molar-refractivity contribution in [3.05, 3.63) is 55.0 Å². The van der Waals surface area contributed by atoms with Crippen LogP contribution in [0.5, 0.6) is 11.5 Å². The van der Waals surface area contributed by atoms with Gasteiger partial charge < -0.3 is 14.4 Å². The second kappa shape index (κ2) is 10.9. The molecule has 0 bridgehead atoms. The highest BCUT2D eigenvalue weighted by molar-refractivity contribution is 7.85. The van der Waals surface area contributed by atoms with Gasteiger partial charge in [-0.1, -0.05) is 0 Å². The smallest absolute Gasteiger partial charge is 0.264 e. The van der Waals surface area contributed by atoms with Gasteiger partial charge in [0.1, 0.15) is 11.5 Å². The Kier molecular flexibility index (Phi) is 7.70. The fourth-order valence-corrected chi connectivity index (χ4v) is 4.18. The lowest BCUT2D eigenvalue weighted by molar-refractivity contribution is 0.318. The molecule has 0 radical (unpaired) electrons. The summed E-state index contributed by atoms with van der Waals surface area (Å²) in [6.45, 7) is 3.34. The average molecular weight is 512 g/mol. The molecule has 0 aliphatic rings. The van der Waals surface area contributed by atoms with Crippen LogP contribution in [0.25, 0.3) is 22.3 Å². The van der Waals surface area contributed by atoms with Crippen LogP contribution in [0.1, 0.15) is 13.3 Å². The largest absolute Gasteiger partial charge is 0.497 e. The Morgan fingerprint density at radius 1 is 0.972 bits per heavy atom. The topological polar surface area (TPSA) is 109 Å². The van der Waals surface area contributed by atoms with Crippen molar-refractivity contribution in [1.82, 2.24) is 19.7 Å². The second-order valence-electron chi connectivity index (χ2n) is 8.12. The quantitative estimate of drug-likeness (QED) is 0.218. The van der Waals surface area contributed by atoms with Crippen LogP contribution in [0.4, 0.5) is 11.4 Å². The van der Waals surface area contributed by atoms with Crippen LogP contribution in [0.3, 0.4) is 0 Å². The molecule has 0 saturated heterocycles. The monoisotopic (exact) mass is 511 g/mol. The van der Waals surface area contributed by atoms with Crippen molar-refractivity contribution in [2.24, 2.45) is 0 Å². The van der Waals surface area contributed by atoms with E-state index in [4.69, 9.17) is 18.6 Å². The molecule has 11 heteroatoms. The van der Waals surface area contributed by atoms with Gasteiger partial charge in [0, 0.05) is 54.4 Å². The Bertz CT molecular complexity index is 1430. The second-order valence-corrected chi connectivity index (χ2v) is 9.76. The maximum absolute atomic E-state index is 11.4. The summed E-state index contributed by atoms with van der Waals surface area (Å²) in [5.74, 6) is 1.27. The van der Waals surface area contributed by atoms with Gasteiger partial charge >= 0.3 is 0 Å². The summed E-state index contributed by atoms with van der Waals surface area (Å²) in [4.78, 5) is 11.4. The van der Waals surface area contributed by atoms with Gasteiger partial charge in [-0.25, -0.2) is 4.98 Å². The maximum Gasteiger partial charge on any atom is 0.264 e. The first-order valence-electron chi connectivity index (χ1n) is 11.4. The first-order chi connectivity index (χ1) is 17.3. The van der Waals surface area contributed by atoms with E-state index in [0.29, 0.717) is 24.5 Å². The van der Waals surface area contributed by atoms with E-state index in [0.717, 1.165) is 46.5 Å². The van der Waals surface area contributed by atoms with Crippen molar-refractivity contribution in [3.8, 4) is 22.8 Å². The molecule has 0 atom stereocenters. The molecule has 0 spiro atoms. The van der Waals surface area contributed by atoms with Crippen LogP contribution >= 0.6 is 0 Å². The summed E-state index contributed by atoms with van der Waals surface area (Å²) in [6, 6.07) is 11.4. The molecule has 2 aromatic carbocycles. The predicted octanol–water partition coefficient (Wildman–Crippen LogP) is 4.03. The van der Waals surface area contributed by atoms with Crippen molar-refractivity contribution in [3.63, 3.8) is 0 Å². The molecule has 36 heavy (non-hydrogen) atoms. The minimum absolute atomic E-state index is 0.0649. The number of hydrogen-bond acceptors (Lipinski definition) is 9. The normalized spacial score (nSPS) is 11.6. The molecule has 0 unspecified atom stereocenters. The van der Waals surface area contributed by atoms with Crippen LogP contribution in [-0.2, 0) is 20.8 Å². The standard InChI is InChI=1S/C25H29N5O5S/c1-5-29-17-18(15-27-29)25-16-26-23-8-7-19(13-24(23)28-25)30(9-6-10-35-36(4,31)32)20-11-21(33-2)14-22(12-20)34-3/h7-8,11-17H,5-6,9-10H2,1-4H3. The molecule has 0 fully saturated rings. The van der Waals surface area contributed by atoms with E-state index in [1.165, 1.54) is 0 Å². The molecule has 0 aliphatic heterocycles. The first kappa shape index (κ1) is 25.4. The SMILES string of the molecule is CCn1cc(-c2cnc3ccc(N(CCCOS(C)(=O)=O)c4cc(OC)cc(OC)c4)cc3n2)cn1. The Morgan fingerprint density at radius 2 is 1.72 bits per heavy atom. The summed E-state index contributed by atoms with van der Waals surface area (Å²) < 4.78 is 40.5. The van der Waals surface area contributed by atoms with E-state index in [1.807, 2.05) is 53.0 Å². The number of rotatable bonds is 11. The number of hydrogen-bond donors (Lipinski definition) is 0. The lowest BCUT2D eigenvalue weighted by atomic mass is 10.1. The van der Waals surface area contributed by atoms with E-state index >= 15 is 0 Å². The minimum atomic E-state index is -3.52. The van der Waals surface area contributed by atoms with Crippen molar-refractivity contribution in [1.29, 1.82) is 0 Å². The maximum atomic E-state index is 11.4. The zero-order chi connectivity index (χ0) is 25.7. The Balaban J connectivity index is 1.72. The molecule has 190 valence electrons. The third kappa shape index (κ3) is 6.10. The fraction of sp³-hybridized carbons (Fsp3) is 0.320. The lowest BCUT2D eigenvalue weighted by Crippen LogP contribution is -2.20. The molecular weight excluding hydrogens is 482 g/mol. The molecule has 2 aromatic heterocycles. The molecule has 0 saturated carbocycles. The van der Waals surface area contributed by atoms with E-state index in [9.17, 15) is 8.42 Å². The number of fused-ring (bicyclic) bond motifs is 1. The summed E-state index contributed by atoms with van der Waals surface area (Å²) >= 11 is 0. The van der Waals surface area contributed by atoms with Crippen LogP contribution < -0.4 is 14.4 Å². The number of nitrogens with zero attached hydrogens (tertiary/aromatic N) is 5. The van der Waals surface area contributed by atoms with Crippen LogP contribution in [0, 0.1) is 0 Å². The Hall–Kier alpha value is -3.70. The summed E-state index contributed by atoms with van der Waals surface area (Å²) in [7, 11) is -0.329. The van der Waals surface area contributed by atoms with Crippen molar-refractivity contribution in [2.45, 2.75) is 19.9 Å². The van der Waals surface area contributed by atoms with Crippen LogP contribution in [-0.4, -0.2) is 61.8 Å². The van der Waals surface area contributed by atoms with Gasteiger partial charge in [-0.2, -0.15) is 13.5 Å². The number of benzene rings is 2. The number of anilines is 2. The predicted molar refractivity (Wildman–Crippen MR) is 138 cm³/mol. The molecule has 4 aromatic rings. The lowest BCUT2D eigenvalue weighted by Gasteiger charge is -2.26. The molecule has 0 amide bonds. The Morgan fingerprint density at radius 3 is 2.36 bits per heavy atom. The van der Waals surface area contributed by atoms with Crippen LogP contribution in [0.15, 0.2) is 55.0 Å². The van der Waals surface area contributed by atoms with Gasteiger partial charge in [0.15, 0.2) is 0 Å². The molecule has 0 N–H and O–H groups in total. The minimum Gasteiger partial charge on any atom is -0.497 e. The average Bonchev–Trinajstić information content (AvgIpc) is 3.36. The van der Waals surface area contributed by atoms with Gasteiger partial charge in [-0.15, -0.1) is 0 Å². The molecule has 4 rings (SSSR count). The highest BCUT2D eigenvalue weighted by Gasteiger charge is 2.15. The zero-order valence-corrected chi connectivity index (χ0v) is 21.5. The third-order valence-electron chi connectivity index (χ3n) is 5.56. The highest BCUT2D eigenvalue weighted by Crippen LogP contribution is 2.34. The summed E-state index contributed by atoms with van der Waals surface area (Å²) in [6.07, 6.45) is 6.97. The number of aryl methyl sites for hydroxylation is 1. The number of methoxy groups -OCH3 is 2. The highest BCUT2D eigenvalue weighted by atomic mass is 32.2. The van der Waals surface area contributed by atoms with E-state index in [1.54, 1.807) is 32.7 Å². The first-order valence-corrected chi connectivity index (χ1v) is 13.3. The Labute approximate surface area is 210 Å². The van der Waals surface area contributed by atoms with E-state index < -0.39 is 10.1 Å². The third-order valence-corrected chi connectivity index (χ3v) is 6.16. The number of ether oxygens (including phenoxy) is 2. The van der Waals surface area contributed by atoms with Gasteiger partial charge in [0.05, 0.1) is 56.2 Å². The van der Waals surface area contributed by atoms with E-state index in [-0.39, 0.29) is 6.61 Å². The summed E-state index contributed by atoms with van der Waals surface area (Å²) in [5, 5.41) is 4.33. The summed E-state index contributed by atoms with van der Waals surface area (Å²) in [5.41, 5.74) is 4.78. The molecule has 10 nitrogen and oxygen atoms in total.